The second kappa shape index (κ2) is 5.48. The van der Waals surface area contributed by atoms with Gasteiger partial charge in [-0.1, -0.05) is 6.92 Å². The van der Waals surface area contributed by atoms with Crippen LogP contribution in [0.25, 0.3) is 11.0 Å². The monoisotopic (exact) mass is 324 g/mol. The number of carbonyl (C=O) groups is 1. The highest BCUT2D eigenvalue weighted by atomic mass is 16.2. The highest BCUT2D eigenvalue weighted by Crippen LogP contribution is 2.44. The summed E-state index contributed by atoms with van der Waals surface area (Å²) in [6.07, 6.45) is 5.42. The van der Waals surface area contributed by atoms with Crippen LogP contribution in [-0.2, 0) is 4.79 Å². The minimum absolute atomic E-state index is 0.0377. The van der Waals surface area contributed by atoms with E-state index in [4.69, 9.17) is 5.26 Å². The van der Waals surface area contributed by atoms with E-state index in [1.807, 2.05) is 23.2 Å². The van der Waals surface area contributed by atoms with Crippen LogP contribution in [0.4, 0.5) is 5.82 Å². The zero-order valence-electron chi connectivity index (χ0n) is 13.7. The maximum absolute atomic E-state index is 12.3. The van der Waals surface area contributed by atoms with Crippen molar-refractivity contribution < 1.29 is 4.79 Å². The Balaban J connectivity index is 1.65. The number of nitrogens with one attached hydrogen (secondary N) is 1. The van der Waals surface area contributed by atoms with Crippen LogP contribution >= 0.6 is 0 Å². The van der Waals surface area contributed by atoms with Gasteiger partial charge in [-0.15, -0.1) is 0 Å². The average molecular weight is 324 g/mol. The van der Waals surface area contributed by atoms with Crippen molar-refractivity contribution in [3.8, 4) is 6.07 Å². The Kier molecular flexibility index (Phi) is 3.41. The van der Waals surface area contributed by atoms with Crippen LogP contribution < -0.4 is 4.90 Å². The minimum atomic E-state index is -0.167. The van der Waals surface area contributed by atoms with Gasteiger partial charge in [0.25, 0.3) is 0 Å². The highest BCUT2D eigenvalue weighted by molar-refractivity contribution is 5.87. The standard InChI is InChI=1S/C17H20N6O/c1-12-9-23(14(24)3-6-18)17(12)5-2-8-22(10-17)16-13-4-7-19-15(13)20-11-21-16/h4,7,11-12H,2-3,5,8-10H2,1H3,(H,19,20,21)/t12-,17+/m0/s1. The van der Waals surface area contributed by atoms with Crippen LogP contribution in [0.2, 0.25) is 0 Å². The summed E-state index contributed by atoms with van der Waals surface area (Å²) in [6, 6.07) is 3.98. The third-order valence-corrected chi connectivity index (χ3v) is 5.58. The molecule has 2 aromatic heterocycles. The van der Waals surface area contributed by atoms with E-state index in [9.17, 15) is 4.79 Å². The second-order valence-electron chi connectivity index (χ2n) is 6.81. The number of rotatable bonds is 2. The Bertz CT molecular complexity index is 824. The lowest BCUT2D eigenvalue weighted by molar-refractivity contribution is -0.156. The molecule has 0 bridgehead atoms. The number of carbonyl (C=O) groups excluding carboxylic acids is 1. The van der Waals surface area contributed by atoms with Crippen molar-refractivity contribution in [2.24, 2.45) is 5.92 Å². The number of H-pyrrole nitrogens is 1. The van der Waals surface area contributed by atoms with Crippen molar-refractivity contribution in [3.63, 3.8) is 0 Å². The van der Waals surface area contributed by atoms with E-state index < -0.39 is 0 Å². The zero-order chi connectivity index (χ0) is 16.7. The largest absolute Gasteiger partial charge is 0.354 e. The summed E-state index contributed by atoms with van der Waals surface area (Å²) >= 11 is 0. The Morgan fingerprint density at radius 1 is 1.54 bits per heavy atom. The van der Waals surface area contributed by atoms with Gasteiger partial charge in [-0.3, -0.25) is 4.79 Å². The minimum Gasteiger partial charge on any atom is -0.354 e. The fraction of sp³-hybridized carbons (Fsp3) is 0.529. The Hall–Kier alpha value is -2.62. The van der Waals surface area contributed by atoms with Gasteiger partial charge < -0.3 is 14.8 Å². The SMILES string of the molecule is C[C@H]1CN(C(=O)CC#N)[C@@]12CCCN(c1ncnc3[nH]ccc13)C2. The van der Waals surface area contributed by atoms with Crippen LogP contribution in [0, 0.1) is 17.2 Å². The molecule has 2 fully saturated rings. The van der Waals surface area contributed by atoms with Gasteiger partial charge in [0, 0.05) is 25.8 Å². The van der Waals surface area contributed by atoms with E-state index in [0.717, 1.165) is 49.3 Å². The first kappa shape index (κ1) is 14.9. The molecule has 1 spiro atoms. The quantitative estimate of drug-likeness (QED) is 0.908. The number of fused-ring (bicyclic) bond motifs is 1. The van der Waals surface area contributed by atoms with Gasteiger partial charge in [0.05, 0.1) is 17.0 Å². The number of hydrogen-bond acceptors (Lipinski definition) is 5. The van der Waals surface area contributed by atoms with Crippen LogP contribution in [-0.4, -0.2) is 50.9 Å². The topological polar surface area (TPSA) is 88.9 Å². The molecule has 1 amide bonds. The number of nitrogens with zero attached hydrogens (tertiary/aromatic N) is 5. The molecule has 4 rings (SSSR count). The van der Waals surface area contributed by atoms with Gasteiger partial charge in [-0.2, -0.15) is 5.26 Å². The molecular formula is C17H20N6O. The molecule has 7 heteroatoms. The number of likely N-dealkylation sites (tertiary alicyclic amines) is 1. The molecule has 2 aliphatic rings. The highest BCUT2D eigenvalue weighted by Gasteiger charge is 2.54. The van der Waals surface area contributed by atoms with E-state index in [0.29, 0.717) is 5.92 Å². The maximum atomic E-state index is 12.3. The third-order valence-electron chi connectivity index (χ3n) is 5.58. The number of aromatic nitrogens is 3. The summed E-state index contributed by atoms with van der Waals surface area (Å²) < 4.78 is 0. The number of amides is 1. The van der Waals surface area contributed by atoms with Crippen LogP contribution in [0.3, 0.4) is 0 Å². The molecule has 2 aliphatic heterocycles. The van der Waals surface area contributed by atoms with E-state index >= 15 is 0 Å². The van der Waals surface area contributed by atoms with Gasteiger partial charge in [0.15, 0.2) is 0 Å². The maximum Gasteiger partial charge on any atom is 0.237 e. The van der Waals surface area contributed by atoms with Crippen molar-refractivity contribution in [2.45, 2.75) is 31.7 Å². The molecule has 2 saturated heterocycles. The zero-order valence-corrected chi connectivity index (χ0v) is 13.7. The van der Waals surface area contributed by atoms with Crippen LogP contribution in [0.1, 0.15) is 26.2 Å². The average Bonchev–Trinajstić information content (AvgIpc) is 3.08. The lowest BCUT2D eigenvalue weighted by Gasteiger charge is -2.61. The van der Waals surface area contributed by atoms with Crippen LogP contribution in [0.5, 0.6) is 0 Å². The van der Waals surface area contributed by atoms with Gasteiger partial charge in [0.1, 0.15) is 24.2 Å². The lowest BCUT2D eigenvalue weighted by Crippen LogP contribution is -2.73. The summed E-state index contributed by atoms with van der Waals surface area (Å²) in [6.45, 7) is 4.64. The molecule has 4 heterocycles. The summed E-state index contributed by atoms with van der Waals surface area (Å²) in [5.41, 5.74) is 0.665. The summed E-state index contributed by atoms with van der Waals surface area (Å²) in [7, 11) is 0. The first-order valence-corrected chi connectivity index (χ1v) is 8.36. The molecule has 0 aliphatic carbocycles. The summed E-state index contributed by atoms with van der Waals surface area (Å²) in [5.74, 6) is 1.31. The molecular weight excluding hydrogens is 304 g/mol. The van der Waals surface area contributed by atoms with E-state index in [-0.39, 0.29) is 17.9 Å². The Morgan fingerprint density at radius 3 is 3.21 bits per heavy atom. The molecule has 0 unspecified atom stereocenters. The van der Waals surface area contributed by atoms with Crippen molar-refractivity contribution in [1.82, 2.24) is 19.9 Å². The fourth-order valence-electron chi connectivity index (χ4n) is 4.27. The number of aromatic amines is 1. The molecule has 1 N–H and O–H groups in total. The van der Waals surface area contributed by atoms with Crippen LogP contribution in [0.15, 0.2) is 18.6 Å². The smallest absolute Gasteiger partial charge is 0.237 e. The lowest BCUT2D eigenvalue weighted by atomic mass is 9.69. The summed E-state index contributed by atoms with van der Waals surface area (Å²) in [4.78, 5) is 28.4. The molecule has 2 atom stereocenters. The molecule has 0 aromatic carbocycles. The molecule has 2 aromatic rings. The van der Waals surface area contributed by atoms with Gasteiger partial charge in [0.2, 0.25) is 5.91 Å². The number of piperidine rings is 1. The molecule has 0 saturated carbocycles. The number of hydrogen-bond donors (Lipinski definition) is 1. The molecule has 24 heavy (non-hydrogen) atoms. The Morgan fingerprint density at radius 2 is 2.42 bits per heavy atom. The number of nitriles is 1. The van der Waals surface area contributed by atoms with E-state index in [1.54, 1.807) is 6.33 Å². The predicted molar refractivity (Wildman–Crippen MR) is 89.2 cm³/mol. The molecule has 0 radical (unpaired) electrons. The third kappa shape index (κ3) is 2.06. The summed E-state index contributed by atoms with van der Waals surface area (Å²) in [5, 5.41) is 9.86. The van der Waals surface area contributed by atoms with Crippen molar-refractivity contribution in [3.05, 3.63) is 18.6 Å². The van der Waals surface area contributed by atoms with Crippen molar-refractivity contribution in [1.29, 1.82) is 5.26 Å². The van der Waals surface area contributed by atoms with Gasteiger partial charge >= 0.3 is 0 Å². The predicted octanol–water partition coefficient (Wildman–Crippen LogP) is 1.69. The van der Waals surface area contributed by atoms with Crippen molar-refractivity contribution in [2.75, 3.05) is 24.5 Å². The first-order chi connectivity index (χ1) is 11.7. The molecule has 124 valence electrons. The van der Waals surface area contributed by atoms with Gasteiger partial charge in [-0.25, -0.2) is 9.97 Å². The fourth-order valence-corrected chi connectivity index (χ4v) is 4.27. The Labute approximate surface area is 140 Å². The van der Waals surface area contributed by atoms with Gasteiger partial charge in [-0.05, 0) is 24.8 Å². The van der Waals surface area contributed by atoms with E-state index in [2.05, 4.69) is 26.8 Å². The van der Waals surface area contributed by atoms with E-state index in [1.165, 1.54) is 0 Å². The van der Waals surface area contributed by atoms with Crippen molar-refractivity contribution >= 4 is 22.8 Å². The second-order valence-corrected chi connectivity index (χ2v) is 6.81. The molecule has 7 nitrogen and oxygen atoms in total. The number of anilines is 1. The normalized spacial score (nSPS) is 26.4. The first-order valence-electron chi connectivity index (χ1n) is 8.36.